The van der Waals surface area contributed by atoms with E-state index in [1.54, 1.807) is 10.7 Å². The minimum absolute atomic E-state index is 0.195. The molecule has 7 heteroatoms. The molecule has 1 N–H and O–H groups in total. The van der Waals surface area contributed by atoms with E-state index < -0.39 is 6.10 Å². The number of aryl methyl sites for hydroxylation is 2. The van der Waals surface area contributed by atoms with Crippen LogP contribution >= 0.6 is 27.5 Å². The first kappa shape index (κ1) is 14.7. The summed E-state index contributed by atoms with van der Waals surface area (Å²) in [6.07, 6.45) is -0.328. The zero-order chi connectivity index (χ0) is 15.1. The Morgan fingerprint density at radius 3 is 2.90 bits per heavy atom. The van der Waals surface area contributed by atoms with Crippen molar-refractivity contribution < 1.29 is 14.6 Å². The van der Waals surface area contributed by atoms with Crippen molar-refractivity contribution >= 4 is 27.5 Å². The fraction of sp³-hybridized carbons (Fsp3) is 0.357. The highest BCUT2D eigenvalue weighted by molar-refractivity contribution is 9.10. The van der Waals surface area contributed by atoms with Gasteiger partial charge in [0.1, 0.15) is 0 Å². The Balaban J connectivity index is 1.89. The van der Waals surface area contributed by atoms with E-state index in [0.29, 0.717) is 22.9 Å². The summed E-state index contributed by atoms with van der Waals surface area (Å²) in [5.41, 5.74) is 2.30. The van der Waals surface area contributed by atoms with Crippen LogP contribution in [0.1, 0.15) is 23.1 Å². The lowest BCUT2D eigenvalue weighted by molar-refractivity contribution is 0.170. The number of hydrogen-bond donors (Lipinski definition) is 1. The second-order valence-corrected chi connectivity index (χ2v) is 6.16. The van der Waals surface area contributed by atoms with Gasteiger partial charge >= 0.3 is 0 Å². The maximum atomic E-state index is 10.5. The molecule has 1 aliphatic heterocycles. The normalized spacial score (nSPS) is 14.5. The minimum Gasteiger partial charge on any atom is -0.454 e. The highest BCUT2D eigenvalue weighted by atomic mass is 79.9. The number of nitrogens with zero attached hydrogens (tertiary/aromatic N) is 2. The first-order chi connectivity index (χ1) is 9.97. The van der Waals surface area contributed by atoms with Crippen LogP contribution in [0.2, 0.25) is 5.02 Å². The minimum atomic E-state index is -0.705. The topological polar surface area (TPSA) is 56.5 Å². The van der Waals surface area contributed by atoms with E-state index in [9.17, 15) is 5.11 Å². The third-order valence-electron chi connectivity index (χ3n) is 3.48. The van der Waals surface area contributed by atoms with E-state index in [1.807, 2.05) is 20.0 Å². The van der Waals surface area contributed by atoms with Crippen LogP contribution in [0.25, 0.3) is 0 Å². The van der Waals surface area contributed by atoms with Crippen molar-refractivity contribution in [1.82, 2.24) is 9.78 Å². The molecule has 0 radical (unpaired) electrons. The van der Waals surface area contributed by atoms with Gasteiger partial charge in [-0.15, -0.1) is 0 Å². The standard InChI is InChI=1S/C14H14BrClN2O3/c1-7-13(16)10(18(2)17-7)5-11(19)8-3-9(15)14-12(4-8)20-6-21-14/h3-4,11,19H,5-6H2,1-2H3. The molecule has 0 spiro atoms. The average molecular weight is 374 g/mol. The van der Waals surface area contributed by atoms with E-state index >= 15 is 0 Å². The maximum absolute atomic E-state index is 10.5. The second-order valence-electron chi connectivity index (χ2n) is 4.93. The number of aromatic nitrogens is 2. The molecule has 2 heterocycles. The molecule has 0 saturated carbocycles. The monoisotopic (exact) mass is 372 g/mol. The van der Waals surface area contributed by atoms with Crippen LogP contribution in [0, 0.1) is 6.92 Å². The Hall–Kier alpha value is -1.24. The van der Waals surface area contributed by atoms with Crippen molar-refractivity contribution in [3.05, 3.63) is 38.6 Å². The maximum Gasteiger partial charge on any atom is 0.231 e. The number of fused-ring (bicyclic) bond motifs is 1. The third kappa shape index (κ3) is 2.63. The van der Waals surface area contributed by atoms with Crippen molar-refractivity contribution in [2.45, 2.75) is 19.4 Å². The van der Waals surface area contributed by atoms with Gasteiger partial charge in [0.05, 0.1) is 27.0 Å². The fourth-order valence-electron chi connectivity index (χ4n) is 2.38. The molecule has 1 aromatic carbocycles. The Bertz CT molecular complexity index is 702. The molecular formula is C14H14BrClN2O3. The molecule has 0 aliphatic carbocycles. The summed E-state index contributed by atoms with van der Waals surface area (Å²) in [5.74, 6) is 1.30. The Morgan fingerprint density at radius 1 is 1.48 bits per heavy atom. The van der Waals surface area contributed by atoms with Gasteiger partial charge in [-0.25, -0.2) is 0 Å². The summed E-state index contributed by atoms with van der Waals surface area (Å²) in [7, 11) is 1.82. The summed E-state index contributed by atoms with van der Waals surface area (Å²) in [4.78, 5) is 0. The molecule has 1 aromatic heterocycles. The highest BCUT2D eigenvalue weighted by Crippen LogP contribution is 2.41. The van der Waals surface area contributed by atoms with Crippen molar-refractivity contribution in [3.8, 4) is 11.5 Å². The summed E-state index contributed by atoms with van der Waals surface area (Å²) in [6.45, 7) is 2.04. The molecule has 1 unspecified atom stereocenters. The fourth-order valence-corrected chi connectivity index (χ4v) is 3.19. The highest BCUT2D eigenvalue weighted by Gasteiger charge is 2.22. The first-order valence-electron chi connectivity index (χ1n) is 6.42. The molecule has 0 amide bonds. The number of benzene rings is 1. The zero-order valence-corrected chi connectivity index (χ0v) is 13.9. The van der Waals surface area contributed by atoms with Gasteiger partial charge in [-0.05, 0) is 40.5 Å². The van der Waals surface area contributed by atoms with Crippen molar-refractivity contribution in [3.63, 3.8) is 0 Å². The predicted molar refractivity (Wildman–Crippen MR) is 81.9 cm³/mol. The first-order valence-corrected chi connectivity index (χ1v) is 7.59. The zero-order valence-electron chi connectivity index (χ0n) is 11.6. The Labute approximate surface area is 135 Å². The van der Waals surface area contributed by atoms with E-state index in [2.05, 4.69) is 21.0 Å². The SMILES string of the molecule is Cc1nn(C)c(CC(O)c2cc(Br)c3c(c2)OCO3)c1Cl. The molecule has 1 atom stereocenters. The number of rotatable bonds is 3. The largest absolute Gasteiger partial charge is 0.454 e. The number of ether oxygens (including phenoxy) is 2. The van der Waals surface area contributed by atoms with Gasteiger partial charge in [-0.3, -0.25) is 4.68 Å². The summed E-state index contributed by atoms with van der Waals surface area (Å²) in [6, 6.07) is 3.62. The molecule has 3 rings (SSSR count). The van der Waals surface area contributed by atoms with Crippen LogP contribution in [-0.4, -0.2) is 21.7 Å². The molecular weight excluding hydrogens is 360 g/mol. The number of aliphatic hydroxyl groups excluding tert-OH is 1. The molecule has 0 saturated heterocycles. The molecule has 112 valence electrons. The molecule has 1 aliphatic rings. The molecule has 5 nitrogen and oxygen atoms in total. The summed E-state index contributed by atoms with van der Waals surface area (Å²) in [5, 5.41) is 15.3. The predicted octanol–water partition coefficient (Wildman–Crippen LogP) is 3.15. The van der Waals surface area contributed by atoms with Gasteiger partial charge < -0.3 is 14.6 Å². The Morgan fingerprint density at radius 2 is 2.24 bits per heavy atom. The van der Waals surface area contributed by atoms with E-state index in [0.717, 1.165) is 21.4 Å². The van der Waals surface area contributed by atoms with Crippen LogP contribution in [0.15, 0.2) is 16.6 Å². The molecule has 0 bridgehead atoms. The lowest BCUT2D eigenvalue weighted by Gasteiger charge is -2.13. The lowest BCUT2D eigenvalue weighted by atomic mass is 10.0. The van der Waals surface area contributed by atoms with Crippen molar-refractivity contribution in [1.29, 1.82) is 0 Å². The van der Waals surface area contributed by atoms with Crippen LogP contribution in [0.4, 0.5) is 0 Å². The number of hydrogen-bond acceptors (Lipinski definition) is 4. The van der Waals surface area contributed by atoms with Gasteiger partial charge in [-0.1, -0.05) is 11.6 Å². The Kier molecular flexibility index (Phi) is 3.86. The van der Waals surface area contributed by atoms with Gasteiger partial charge in [0.15, 0.2) is 11.5 Å². The summed E-state index contributed by atoms with van der Waals surface area (Å²) >= 11 is 9.65. The van der Waals surface area contributed by atoms with E-state index in [-0.39, 0.29) is 6.79 Å². The van der Waals surface area contributed by atoms with Crippen LogP contribution in [-0.2, 0) is 13.5 Å². The molecule has 2 aromatic rings. The van der Waals surface area contributed by atoms with Crippen LogP contribution in [0.3, 0.4) is 0 Å². The quantitative estimate of drug-likeness (QED) is 0.898. The van der Waals surface area contributed by atoms with Crippen LogP contribution < -0.4 is 9.47 Å². The van der Waals surface area contributed by atoms with Gasteiger partial charge in [0.2, 0.25) is 6.79 Å². The lowest BCUT2D eigenvalue weighted by Crippen LogP contribution is -2.07. The molecule has 21 heavy (non-hydrogen) atoms. The van der Waals surface area contributed by atoms with Gasteiger partial charge in [0.25, 0.3) is 0 Å². The second kappa shape index (κ2) is 5.51. The average Bonchev–Trinajstić information content (AvgIpc) is 2.99. The van der Waals surface area contributed by atoms with Crippen LogP contribution in [0.5, 0.6) is 11.5 Å². The van der Waals surface area contributed by atoms with Crippen molar-refractivity contribution in [2.75, 3.05) is 6.79 Å². The third-order valence-corrected chi connectivity index (χ3v) is 4.56. The van der Waals surface area contributed by atoms with E-state index in [1.165, 1.54) is 0 Å². The smallest absolute Gasteiger partial charge is 0.231 e. The van der Waals surface area contributed by atoms with Gasteiger partial charge in [-0.2, -0.15) is 5.10 Å². The van der Waals surface area contributed by atoms with Gasteiger partial charge in [0, 0.05) is 13.5 Å². The van der Waals surface area contributed by atoms with E-state index in [4.69, 9.17) is 21.1 Å². The number of aliphatic hydroxyl groups is 1. The molecule has 0 fully saturated rings. The van der Waals surface area contributed by atoms with Crippen molar-refractivity contribution in [2.24, 2.45) is 7.05 Å². The number of halogens is 2. The summed E-state index contributed by atoms with van der Waals surface area (Å²) < 4.78 is 13.2.